The molecule has 1 aromatic carbocycles. The van der Waals surface area contributed by atoms with Crippen molar-refractivity contribution in [1.82, 2.24) is 0 Å². The third-order valence-corrected chi connectivity index (χ3v) is 4.81. The lowest BCUT2D eigenvalue weighted by molar-refractivity contribution is 0.462. The Morgan fingerprint density at radius 2 is 1.71 bits per heavy atom. The molecule has 1 saturated carbocycles. The summed E-state index contributed by atoms with van der Waals surface area (Å²) in [6.07, 6.45) is 10.4. The van der Waals surface area contributed by atoms with Crippen molar-refractivity contribution in [2.75, 3.05) is 23.3 Å². The fraction of sp³-hybridized carbons (Fsp3) is 0.611. The average Bonchev–Trinajstić information content (AvgIpc) is 2.56. The van der Waals surface area contributed by atoms with E-state index in [-0.39, 0.29) is 0 Å². The van der Waals surface area contributed by atoms with Gasteiger partial charge in [0.25, 0.3) is 0 Å². The molecule has 1 aromatic rings. The van der Waals surface area contributed by atoms with E-state index in [4.69, 9.17) is 0 Å². The molecule has 1 saturated heterocycles. The number of hydrogen-bond acceptors (Lipinski definition) is 3. The van der Waals surface area contributed by atoms with Crippen LogP contribution in [0.1, 0.15) is 56.9 Å². The van der Waals surface area contributed by atoms with Gasteiger partial charge in [-0.05, 0) is 50.3 Å². The molecule has 1 aliphatic carbocycles. The van der Waals surface area contributed by atoms with Crippen LogP contribution in [0, 0.1) is 11.3 Å². The Balaban J connectivity index is 1.77. The summed E-state index contributed by atoms with van der Waals surface area (Å²) in [5.74, 6) is 0. The molecule has 0 bridgehead atoms. The Bertz CT molecular complexity index is 506. The second-order valence-corrected chi connectivity index (χ2v) is 6.37. The summed E-state index contributed by atoms with van der Waals surface area (Å²) in [5, 5.41) is 13.0. The zero-order valence-corrected chi connectivity index (χ0v) is 12.8. The van der Waals surface area contributed by atoms with Gasteiger partial charge in [0.05, 0.1) is 11.3 Å². The average molecular weight is 283 g/mol. The quantitative estimate of drug-likeness (QED) is 0.899. The van der Waals surface area contributed by atoms with Crippen LogP contribution in [0.2, 0.25) is 0 Å². The molecule has 3 rings (SSSR count). The van der Waals surface area contributed by atoms with Crippen molar-refractivity contribution in [2.24, 2.45) is 0 Å². The van der Waals surface area contributed by atoms with Gasteiger partial charge >= 0.3 is 0 Å². The van der Waals surface area contributed by atoms with Crippen molar-refractivity contribution < 1.29 is 0 Å². The van der Waals surface area contributed by atoms with Crippen molar-refractivity contribution in [2.45, 2.75) is 57.4 Å². The molecule has 0 spiro atoms. The van der Waals surface area contributed by atoms with Gasteiger partial charge in [-0.15, -0.1) is 0 Å². The fourth-order valence-corrected chi connectivity index (χ4v) is 3.56. The Labute approximate surface area is 128 Å². The van der Waals surface area contributed by atoms with Crippen LogP contribution in [0.5, 0.6) is 0 Å². The van der Waals surface area contributed by atoms with Crippen molar-refractivity contribution in [3.05, 3.63) is 23.8 Å². The van der Waals surface area contributed by atoms with Crippen LogP contribution in [0.4, 0.5) is 11.4 Å². The molecule has 3 nitrogen and oxygen atoms in total. The van der Waals surface area contributed by atoms with Gasteiger partial charge in [-0.3, -0.25) is 0 Å². The SMILES string of the molecule is N#Cc1ccc(N2CCCCC2)cc1NC1CCCCC1. The Hall–Kier alpha value is -1.69. The number of nitriles is 1. The Morgan fingerprint density at radius 1 is 1.00 bits per heavy atom. The van der Waals surface area contributed by atoms with Crippen LogP contribution in [-0.2, 0) is 0 Å². The lowest BCUT2D eigenvalue weighted by Crippen LogP contribution is -2.29. The lowest BCUT2D eigenvalue weighted by Gasteiger charge is -2.30. The summed E-state index contributed by atoms with van der Waals surface area (Å²) in [6.45, 7) is 2.30. The molecule has 21 heavy (non-hydrogen) atoms. The topological polar surface area (TPSA) is 39.1 Å². The molecule has 2 fully saturated rings. The van der Waals surface area contributed by atoms with Gasteiger partial charge in [-0.25, -0.2) is 0 Å². The Morgan fingerprint density at radius 3 is 2.43 bits per heavy atom. The summed E-state index contributed by atoms with van der Waals surface area (Å²) in [5.41, 5.74) is 3.08. The van der Waals surface area contributed by atoms with Gasteiger partial charge in [-0.1, -0.05) is 19.3 Å². The highest BCUT2D eigenvalue weighted by atomic mass is 15.1. The van der Waals surface area contributed by atoms with Crippen molar-refractivity contribution in [3.63, 3.8) is 0 Å². The minimum absolute atomic E-state index is 0.544. The molecule has 0 aromatic heterocycles. The van der Waals surface area contributed by atoms with Gasteiger partial charge < -0.3 is 10.2 Å². The number of nitrogens with zero attached hydrogens (tertiary/aromatic N) is 2. The van der Waals surface area contributed by atoms with E-state index >= 15 is 0 Å². The highest BCUT2D eigenvalue weighted by Crippen LogP contribution is 2.28. The lowest BCUT2D eigenvalue weighted by atomic mass is 9.95. The van der Waals surface area contributed by atoms with Gasteiger partial charge in [0.2, 0.25) is 0 Å². The molecule has 1 N–H and O–H groups in total. The third-order valence-electron chi connectivity index (χ3n) is 4.81. The van der Waals surface area contributed by atoms with E-state index in [9.17, 15) is 5.26 Å². The number of anilines is 2. The highest BCUT2D eigenvalue weighted by Gasteiger charge is 2.17. The molecule has 0 unspecified atom stereocenters. The van der Waals surface area contributed by atoms with Crippen LogP contribution in [0.15, 0.2) is 18.2 Å². The van der Waals surface area contributed by atoms with E-state index in [1.807, 2.05) is 6.07 Å². The molecule has 1 heterocycles. The predicted molar refractivity (Wildman–Crippen MR) is 87.7 cm³/mol. The van der Waals surface area contributed by atoms with Crippen LogP contribution < -0.4 is 10.2 Å². The zero-order chi connectivity index (χ0) is 14.5. The maximum Gasteiger partial charge on any atom is 0.101 e. The molecular weight excluding hydrogens is 258 g/mol. The maximum atomic E-state index is 9.35. The van der Waals surface area contributed by atoms with E-state index in [1.54, 1.807) is 0 Å². The summed E-state index contributed by atoms with van der Waals surface area (Å²) < 4.78 is 0. The molecule has 1 aliphatic heterocycles. The first kappa shape index (κ1) is 14.3. The molecule has 0 amide bonds. The van der Waals surface area contributed by atoms with Crippen LogP contribution in [0.3, 0.4) is 0 Å². The zero-order valence-electron chi connectivity index (χ0n) is 12.8. The summed E-state index contributed by atoms with van der Waals surface area (Å²) in [7, 11) is 0. The van der Waals surface area contributed by atoms with E-state index in [0.717, 1.165) is 24.3 Å². The number of rotatable bonds is 3. The largest absolute Gasteiger partial charge is 0.381 e. The number of hydrogen-bond donors (Lipinski definition) is 1. The van der Waals surface area contributed by atoms with Crippen LogP contribution in [0.25, 0.3) is 0 Å². The summed E-state index contributed by atoms with van der Waals surface area (Å²) >= 11 is 0. The highest BCUT2D eigenvalue weighted by molar-refractivity contribution is 5.66. The van der Waals surface area contributed by atoms with E-state index in [2.05, 4.69) is 28.4 Å². The van der Waals surface area contributed by atoms with Crippen molar-refractivity contribution in [1.29, 1.82) is 5.26 Å². The molecule has 112 valence electrons. The van der Waals surface area contributed by atoms with Crippen LogP contribution in [-0.4, -0.2) is 19.1 Å². The first-order chi connectivity index (χ1) is 10.4. The Kier molecular flexibility index (Phi) is 4.65. The number of piperidine rings is 1. The van der Waals surface area contributed by atoms with E-state index < -0.39 is 0 Å². The van der Waals surface area contributed by atoms with Gasteiger partial charge in [-0.2, -0.15) is 5.26 Å². The second kappa shape index (κ2) is 6.85. The molecule has 0 atom stereocenters. The molecule has 0 radical (unpaired) electrons. The fourth-order valence-electron chi connectivity index (χ4n) is 3.56. The normalized spacial score (nSPS) is 20.0. The van der Waals surface area contributed by atoms with Crippen molar-refractivity contribution >= 4 is 11.4 Å². The van der Waals surface area contributed by atoms with Gasteiger partial charge in [0, 0.05) is 24.8 Å². The van der Waals surface area contributed by atoms with Gasteiger partial charge in [0.1, 0.15) is 6.07 Å². The number of benzene rings is 1. The van der Waals surface area contributed by atoms with Crippen molar-refractivity contribution in [3.8, 4) is 6.07 Å². The summed E-state index contributed by atoms with van der Waals surface area (Å²) in [6, 6.07) is 9.16. The second-order valence-electron chi connectivity index (χ2n) is 6.37. The van der Waals surface area contributed by atoms with E-state index in [0.29, 0.717) is 6.04 Å². The summed E-state index contributed by atoms with van der Waals surface area (Å²) in [4.78, 5) is 2.46. The van der Waals surface area contributed by atoms with Crippen LogP contribution >= 0.6 is 0 Å². The first-order valence-corrected chi connectivity index (χ1v) is 8.42. The van der Waals surface area contributed by atoms with Gasteiger partial charge in [0.15, 0.2) is 0 Å². The monoisotopic (exact) mass is 283 g/mol. The first-order valence-electron chi connectivity index (χ1n) is 8.42. The van der Waals surface area contributed by atoms with E-state index in [1.165, 1.54) is 57.1 Å². The molecular formula is C18H25N3. The molecule has 3 heteroatoms. The predicted octanol–water partition coefficient (Wildman–Crippen LogP) is 4.29. The minimum atomic E-state index is 0.544. The molecule has 2 aliphatic rings. The minimum Gasteiger partial charge on any atom is -0.381 e. The smallest absolute Gasteiger partial charge is 0.101 e. The maximum absolute atomic E-state index is 9.35. The third kappa shape index (κ3) is 3.50. The number of nitrogens with one attached hydrogen (secondary N) is 1. The standard InChI is InChI=1S/C18H25N3/c19-14-15-9-10-17(21-11-5-2-6-12-21)13-18(15)20-16-7-3-1-4-8-16/h9-10,13,16,20H,1-8,11-12H2.